The Bertz CT molecular complexity index is 1490. The number of aryl methyl sites for hydroxylation is 1. The molecule has 1 N–H and O–H groups in total. The molecule has 1 aliphatic rings. The lowest BCUT2D eigenvalue weighted by atomic mass is 10.1. The van der Waals surface area contributed by atoms with Crippen LogP contribution in [0.4, 0.5) is 16.0 Å². The molecule has 3 heterocycles. The standard InChI is InChI=1S/C28H28Cl2N4O4S2/c1-16(38-25-8-5-11-34(25)28-31-15-18(39-28)9-10-26(36)37-2)23(35)13-17-12-20(30)22(14-19(17)29)33-27-32-21-6-3-4-7-24(21)40-27/h3-4,6-7,12,14-16,25H,5,8-11,13H2,1-2H3,(H,32,33)/t16?,25-/m0/s1. The van der Waals surface area contributed by atoms with Crippen LogP contribution < -0.4 is 10.2 Å². The zero-order valence-corrected chi connectivity index (χ0v) is 25.1. The molecule has 0 bridgehead atoms. The van der Waals surface area contributed by atoms with Crippen LogP contribution in [0.25, 0.3) is 10.2 Å². The van der Waals surface area contributed by atoms with Crippen LogP contribution in [0.5, 0.6) is 0 Å². The summed E-state index contributed by atoms with van der Waals surface area (Å²) in [4.78, 5) is 36.8. The maximum Gasteiger partial charge on any atom is 0.305 e. The number of hydrogen-bond donors (Lipinski definition) is 1. The van der Waals surface area contributed by atoms with Crippen molar-refractivity contribution in [3.05, 3.63) is 63.1 Å². The quantitative estimate of drug-likeness (QED) is 0.179. The van der Waals surface area contributed by atoms with Crippen LogP contribution in [0.3, 0.4) is 0 Å². The molecule has 0 saturated carbocycles. The fourth-order valence-corrected chi connectivity index (χ4v) is 6.79. The van der Waals surface area contributed by atoms with Gasteiger partial charge in [-0.2, -0.15) is 0 Å². The predicted octanol–water partition coefficient (Wildman–Crippen LogP) is 7.05. The van der Waals surface area contributed by atoms with Gasteiger partial charge in [0.15, 0.2) is 16.0 Å². The number of aromatic nitrogens is 2. The van der Waals surface area contributed by atoms with Crippen LogP contribution in [-0.4, -0.2) is 47.7 Å². The summed E-state index contributed by atoms with van der Waals surface area (Å²) < 4.78 is 12.0. The maximum atomic E-state index is 13.1. The largest absolute Gasteiger partial charge is 0.469 e. The number of nitrogens with one attached hydrogen (secondary N) is 1. The minimum absolute atomic E-state index is 0.0883. The van der Waals surface area contributed by atoms with Crippen molar-refractivity contribution in [2.45, 2.75) is 51.4 Å². The van der Waals surface area contributed by atoms with E-state index in [2.05, 4.69) is 20.2 Å². The molecule has 8 nitrogen and oxygen atoms in total. The van der Waals surface area contributed by atoms with E-state index in [9.17, 15) is 9.59 Å². The third-order valence-corrected chi connectivity index (χ3v) is 9.35. The van der Waals surface area contributed by atoms with Gasteiger partial charge < -0.3 is 19.7 Å². The summed E-state index contributed by atoms with van der Waals surface area (Å²) in [5.41, 5.74) is 2.17. The molecule has 2 aromatic carbocycles. The average Bonchev–Trinajstić information content (AvgIpc) is 3.69. The first-order valence-corrected chi connectivity index (χ1v) is 15.3. The molecule has 210 valence electrons. The molecular formula is C28H28Cl2N4O4S2. The number of carbonyl (C=O) groups is 2. The minimum atomic E-state index is -0.639. The zero-order chi connectivity index (χ0) is 28.2. The molecule has 0 aliphatic carbocycles. The topological polar surface area (TPSA) is 93.6 Å². The molecular weight excluding hydrogens is 591 g/mol. The summed E-state index contributed by atoms with van der Waals surface area (Å²) in [5, 5.41) is 5.67. The second kappa shape index (κ2) is 12.8. The van der Waals surface area contributed by atoms with Crippen LogP contribution >= 0.6 is 45.9 Å². The number of esters is 1. The lowest BCUT2D eigenvalue weighted by Gasteiger charge is -2.26. The molecule has 12 heteroatoms. The number of halogens is 2. The van der Waals surface area contributed by atoms with Crippen molar-refractivity contribution >= 4 is 83.8 Å². The van der Waals surface area contributed by atoms with Crippen LogP contribution in [0, 0.1) is 0 Å². The van der Waals surface area contributed by atoms with Gasteiger partial charge in [-0.25, -0.2) is 9.97 Å². The van der Waals surface area contributed by atoms with Gasteiger partial charge in [-0.05, 0) is 56.0 Å². The number of rotatable bonds is 11. The molecule has 1 unspecified atom stereocenters. The summed E-state index contributed by atoms with van der Waals surface area (Å²) in [6.07, 6.45) is 3.63. The SMILES string of the molecule is COC(=O)CCc1cnc(N2CCC[C@@H]2OC(C)C(=O)Cc2cc(Cl)c(Nc3nc4ccccc4s3)cc2Cl)s1. The number of ether oxygens (including phenoxy) is 2. The van der Waals surface area contributed by atoms with E-state index in [1.54, 1.807) is 25.3 Å². The van der Waals surface area contributed by atoms with E-state index in [-0.39, 0.29) is 24.4 Å². The zero-order valence-electron chi connectivity index (χ0n) is 22.0. The molecule has 2 atom stereocenters. The Morgan fingerprint density at radius 1 is 1.20 bits per heavy atom. The van der Waals surface area contributed by atoms with Crippen LogP contribution in [0.15, 0.2) is 42.6 Å². The number of benzene rings is 2. The number of Topliss-reactive ketones (excluding diaryl/α,β-unsaturated/α-hetero) is 1. The number of para-hydroxylation sites is 1. The highest BCUT2D eigenvalue weighted by Crippen LogP contribution is 2.35. The number of thiazole rings is 2. The van der Waals surface area contributed by atoms with Gasteiger partial charge >= 0.3 is 5.97 Å². The second-order valence-corrected chi connectivity index (χ2v) is 12.4. The van der Waals surface area contributed by atoms with Gasteiger partial charge in [-0.1, -0.05) is 46.7 Å². The van der Waals surface area contributed by atoms with Crippen molar-refractivity contribution in [2.24, 2.45) is 0 Å². The summed E-state index contributed by atoms with van der Waals surface area (Å²) in [7, 11) is 1.38. The van der Waals surface area contributed by atoms with Gasteiger partial charge in [-0.15, -0.1) is 11.3 Å². The fraction of sp³-hybridized carbons (Fsp3) is 0.357. The van der Waals surface area contributed by atoms with Crippen LogP contribution in [0.2, 0.25) is 10.0 Å². The first kappa shape index (κ1) is 28.8. The molecule has 5 rings (SSSR count). The number of hydrogen-bond acceptors (Lipinski definition) is 10. The van der Waals surface area contributed by atoms with Crippen molar-refractivity contribution in [1.29, 1.82) is 0 Å². The Balaban J connectivity index is 1.19. The van der Waals surface area contributed by atoms with Gasteiger partial charge in [0.2, 0.25) is 0 Å². The van der Waals surface area contributed by atoms with E-state index in [0.29, 0.717) is 39.3 Å². The molecule has 4 aromatic rings. The molecule has 2 aromatic heterocycles. The first-order chi connectivity index (χ1) is 19.3. The normalized spacial score (nSPS) is 15.9. The molecule has 1 fully saturated rings. The fourth-order valence-electron chi connectivity index (χ4n) is 4.47. The van der Waals surface area contributed by atoms with Gasteiger partial charge in [-0.3, -0.25) is 9.59 Å². The van der Waals surface area contributed by atoms with Crippen molar-refractivity contribution < 1.29 is 19.1 Å². The van der Waals surface area contributed by atoms with Gasteiger partial charge in [0.05, 0.1) is 34.5 Å². The number of carbonyl (C=O) groups excluding carboxylic acids is 2. The lowest BCUT2D eigenvalue weighted by Crippen LogP contribution is -2.37. The minimum Gasteiger partial charge on any atom is -0.469 e. The average molecular weight is 620 g/mol. The van der Waals surface area contributed by atoms with Crippen LogP contribution in [0.1, 0.15) is 36.6 Å². The third kappa shape index (κ3) is 6.75. The third-order valence-electron chi connectivity index (χ3n) is 6.64. The second-order valence-electron chi connectivity index (χ2n) is 9.43. The summed E-state index contributed by atoms with van der Waals surface area (Å²) in [6.45, 7) is 2.56. The van der Waals surface area contributed by atoms with E-state index >= 15 is 0 Å². The number of fused-ring (bicyclic) bond motifs is 1. The monoisotopic (exact) mass is 618 g/mol. The van der Waals surface area contributed by atoms with Gasteiger partial charge in [0, 0.05) is 29.1 Å². The summed E-state index contributed by atoms with van der Waals surface area (Å²) >= 11 is 16.2. The highest BCUT2D eigenvalue weighted by molar-refractivity contribution is 7.22. The highest BCUT2D eigenvalue weighted by Gasteiger charge is 2.31. The van der Waals surface area contributed by atoms with E-state index in [1.807, 2.05) is 24.3 Å². The Kier molecular flexibility index (Phi) is 9.22. The van der Waals surface area contributed by atoms with Crippen molar-refractivity contribution in [3.63, 3.8) is 0 Å². The maximum absolute atomic E-state index is 13.1. The Morgan fingerprint density at radius 2 is 2.02 bits per heavy atom. The molecule has 0 spiro atoms. The molecule has 40 heavy (non-hydrogen) atoms. The highest BCUT2D eigenvalue weighted by atomic mass is 35.5. The van der Waals surface area contributed by atoms with Crippen molar-refractivity contribution in [1.82, 2.24) is 9.97 Å². The van der Waals surface area contributed by atoms with Gasteiger partial charge in [0.25, 0.3) is 0 Å². The van der Waals surface area contributed by atoms with Crippen molar-refractivity contribution in [2.75, 3.05) is 23.9 Å². The lowest BCUT2D eigenvalue weighted by molar-refractivity contribution is -0.140. The Hall–Kier alpha value is -2.76. The number of nitrogens with zero attached hydrogens (tertiary/aromatic N) is 3. The van der Waals surface area contributed by atoms with Crippen LogP contribution in [-0.2, 0) is 31.9 Å². The molecule has 0 amide bonds. The molecule has 0 radical (unpaired) electrons. The van der Waals surface area contributed by atoms with E-state index in [0.717, 1.165) is 39.6 Å². The number of ketones is 1. The smallest absolute Gasteiger partial charge is 0.305 e. The molecule has 1 aliphatic heterocycles. The number of methoxy groups -OCH3 is 1. The Labute approximate surface area is 250 Å². The molecule has 1 saturated heterocycles. The predicted molar refractivity (Wildman–Crippen MR) is 161 cm³/mol. The van der Waals surface area contributed by atoms with E-state index in [1.165, 1.54) is 29.8 Å². The summed E-state index contributed by atoms with van der Waals surface area (Å²) in [5.74, 6) is -0.334. The van der Waals surface area contributed by atoms with E-state index < -0.39 is 6.10 Å². The number of anilines is 3. The van der Waals surface area contributed by atoms with Gasteiger partial charge in [0.1, 0.15) is 12.3 Å². The van der Waals surface area contributed by atoms with E-state index in [4.69, 9.17) is 32.7 Å². The Morgan fingerprint density at radius 3 is 2.83 bits per heavy atom. The first-order valence-electron chi connectivity index (χ1n) is 12.9. The summed E-state index contributed by atoms with van der Waals surface area (Å²) in [6, 6.07) is 11.3. The van der Waals surface area contributed by atoms with Crippen molar-refractivity contribution in [3.8, 4) is 0 Å².